The number of carbonyl (C=O) groups is 1. The lowest BCUT2D eigenvalue weighted by molar-refractivity contribution is -0.137. The number of halogens is 1. The third-order valence-corrected chi connectivity index (χ3v) is 5.16. The van der Waals surface area contributed by atoms with Crippen molar-refractivity contribution in [2.45, 2.75) is 39.0 Å². The first kappa shape index (κ1) is 20.7. The van der Waals surface area contributed by atoms with Crippen LogP contribution in [0.5, 0.6) is 11.5 Å². The molecule has 1 unspecified atom stereocenters. The van der Waals surface area contributed by atoms with Crippen molar-refractivity contribution in [3.63, 3.8) is 0 Å². The normalized spacial score (nSPS) is 15.0. The summed E-state index contributed by atoms with van der Waals surface area (Å²) in [5, 5.41) is 9.05. The molecule has 0 aliphatic heterocycles. The van der Waals surface area contributed by atoms with Gasteiger partial charge in [-0.2, -0.15) is 0 Å². The molecule has 1 N–H and O–H groups in total. The van der Waals surface area contributed by atoms with Crippen molar-refractivity contribution in [2.24, 2.45) is 5.41 Å². The van der Waals surface area contributed by atoms with Crippen LogP contribution in [0.4, 0.5) is 4.39 Å². The van der Waals surface area contributed by atoms with Gasteiger partial charge in [-0.3, -0.25) is 4.79 Å². The molecular weight excluding hydrogens is 371 g/mol. The Bertz CT molecular complexity index is 920. The van der Waals surface area contributed by atoms with Gasteiger partial charge in [-0.15, -0.1) is 5.92 Å². The Hall–Kier alpha value is -3.00. The smallest absolute Gasteiger partial charge is 0.304 e. The summed E-state index contributed by atoms with van der Waals surface area (Å²) in [6, 6.07) is 12.2. The first-order chi connectivity index (χ1) is 13.9. The summed E-state index contributed by atoms with van der Waals surface area (Å²) < 4.78 is 25.2. The Labute approximate surface area is 170 Å². The average Bonchev–Trinajstić information content (AvgIpc) is 3.47. The van der Waals surface area contributed by atoms with Crippen LogP contribution >= 0.6 is 0 Å². The van der Waals surface area contributed by atoms with E-state index in [4.69, 9.17) is 14.6 Å². The third kappa shape index (κ3) is 5.74. The van der Waals surface area contributed by atoms with Crippen molar-refractivity contribution >= 4 is 5.97 Å². The van der Waals surface area contributed by atoms with Gasteiger partial charge in [-0.05, 0) is 68.1 Å². The summed E-state index contributed by atoms with van der Waals surface area (Å²) >= 11 is 0. The second-order valence-electron chi connectivity index (χ2n) is 7.60. The molecule has 1 atom stereocenters. The van der Waals surface area contributed by atoms with Gasteiger partial charge < -0.3 is 14.6 Å². The van der Waals surface area contributed by atoms with Crippen molar-refractivity contribution in [2.75, 3.05) is 13.2 Å². The van der Waals surface area contributed by atoms with Gasteiger partial charge in [0.05, 0.1) is 25.6 Å². The molecule has 0 heterocycles. The lowest BCUT2D eigenvalue weighted by Crippen LogP contribution is -2.21. The van der Waals surface area contributed by atoms with Crippen molar-refractivity contribution in [3.05, 3.63) is 59.4 Å². The van der Waals surface area contributed by atoms with Crippen LogP contribution in [0.2, 0.25) is 0 Å². The molecule has 4 nitrogen and oxygen atoms in total. The summed E-state index contributed by atoms with van der Waals surface area (Å²) in [6.45, 7) is 4.49. The Balaban J connectivity index is 1.54. The molecule has 0 radical (unpaired) electrons. The largest absolute Gasteiger partial charge is 0.493 e. The first-order valence-corrected chi connectivity index (χ1v) is 9.67. The fraction of sp³-hybridized carbons (Fsp3) is 0.375. The molecule has 0 aromatic heterocycles. The molecule has 29 heavy (non-hydrogen) atoms. The van der Waals surface area contributed by atoms with Crippen molar-refractivity contribution in [1.82, 2.24) is 0 Å². The Kier molecular flexibility index (Phi) is 6.43. The highest BCUT2D eigenvalue weighted by Gasteiger charge is 2.44. The average molecular weight is 396 g/mol. The summed E-state index contributed by atoms with van der Waals surface area (Å²) in [6.07, 6.45) is 2.03. The monoisotopic (exact) mass is 396 g/mol. The molecule has 5 heteroatoms. The maximum absolute atomic E-state index is 13.4. The van der Waals surface area contributed by atoms with Gasteiger partial charge in [0.15, 0.2) is 0 Å². The van der Waals surface area contributed by atoms with Gasteiger partial charge in [-0.1, -0.05) is 18.1 Å². The number of aliphatic carboxylic acids is 1. The van der Waals surface area contributed by atoms with E-state index in [1.807, 2.05) is 24.3 Å². The standard InChI is InChI=1S/C24H25FO4/c1-3-4-19(14-23(26)27)18-5-7-20(8-6-18)28-15-24(11-12-24)16-29-21-9-10-22(25)17(2)13-21/h5-10,13,19H,11-12,14-16H2,1-2H3,(H,26,27). The van der Waals surface area contributed by atoms with Crippen LogP contribution in [-0.2, 0) is 4.79 Å². The molecule has 1 saturated carbocycles. The van der Waals surface area contributed by atoms with Gasteiger partial charge in [0.1, 0.15) is 17.3 Å². The molecule has 2 aromatic carbocycles. The minimum absolute atomic E-state index is 0.0134. The van der Waals surface area contributed by atoms with Gasteiger partial charge >= 0.3 is 5.97 Å². The predicted molar refractivity (Wildman–Crippen MR) is 109 cm³/mol. The number of benzene rings is 2. The van der Waals surface area contributed by atoms with Crippen LogP contribution in [0.3, 0.4) is 0 Å². The Morgan fingerprint density at radius 2 is 1.76 bits per heavy atom. The van der Waals surface area contributed by atoms with E-state index in [0.29, 0.717) is 24.5 Å². The summed E-state index contributed by atoms with van der Waals surface area (Å²) in [4.78, 5) is 11.0. The SMILES string of the molecule is CC#CC(CC(=O)O)c1ccc(OCC2(COc3ccc(F)c(C)c3)CC2)cc1. The zero-order chi connectivity index (χ0) is 20.9. The summed E-state index contributed by atoms with van der Waals surface area (Å²) in [5.41, 5.74) is 1.42. The molecule has 1 aliphatic carbocycles. The lowest BCUT2D eigenvalue weighted by atomic mass is 9.96. The van der Waals surface area contributed by atoms with Gasteiger partial charge in [-0.25, -0.2) is 4.39 Å². The maximum atomic E-state index is 13.4. The van der Waals surface area contributed by atoms with E-state index in [2.05, 4.69) is 11.8 Å². The van der Waals surface area contributed by atoms with E-state index in [0.717, 1.165) is 24.2 Å². The van der Waals surface area contributed by atoms with E-state index in [1.165, 1.54) is 6.07 Å². The Morgan fingerprint density at radius 1 is 1.14 bits per heavy atom. The molecule has 3 rings (SSSR count). The highest BCUT2D eigenvalue weighted by Crippen LogP contribution is 2.46. The first-order valence-electron chi connectivity index (χ1n) is 9.67. The predicted octanol–water partition coefficient (Wildman–Crippen LogP) is 4.95. The molecule has 2 aromatic rings. The zero-order valence-corrected chi connectivity index (χ0v) is 16.7. The minimum Gasteiger partial charge on any atom is -0.493 e. The summed E-state index contributed by atoms with van der Waals surface area (Å²) in [7, 11) is 0. The maximum Gasteiger partial charge on any atom is 0.304 e. The van der Waals surface area contributed by atoms with E-state index in [1.54, 1.807) is 26.0 Å². The summed E-state index contributed by atoms with van der Waals surface area (Å²) in [5.74, 6) is 5.71. The molecule has 1 aliphatic rings. The highest BCUT2D eigenvalue weighted by molar-refractivity contribution is 5.69. The number of carboxylic acids is 1. The number of ether oxygens (including phenoxy) is 2. The van der Waals surface area contributed by atoms with Gasteiger partial charge in [0, 0.05) is 5.41 Å². The molecule has 0 saturated heterocycles. The molecule has 152 valence electrons. The molecule has 0 amide bonds. The minimum atomic E-state index is -0.870. The van der Waals surface area contributed by atoms with Crippen LogP contribution in [-0.4, -0.2) is 24.3 Å². The molecular formula is C24H25FO4. The fourth-order valence-corrected chi connectivity index (χ4v) is 3.08. The van der Waals surface area contributed by atoms with Crippen LogP contribution < -0.4 is 9.47 Å². The third-order valence-electron chi connectivity index (χ3n) is 5.16. The molecule has 0 bridgehead atoms. The van der Waals surface area contributed by atoms with Gasteiger partial charge in [0.25, 0.3) is 0 Å². The van der Waals surface area contributed by atoms with Crippen LogP contribution in [0.1, 0.15) is 43.2 Å². The molecule has 1 fully saturated rings. The molecule has 0 spiro atoms. The van der Waals surface area contributed by atoms with Gasteiger partial charge in [0.2, 0.25) is 0 Å². The number of aryl methyl sites for hydroxylation is 1. The Morgan fingerprint density at radius 3 is 2.31 bits per heavy atom. The lowest BCUT2D eigenvalue weighted by Gasteiger charge is -2.18. The highest BCUT2D eigenvalue weighted by atomic mass is 19.1. The quantitative estimate of drug-likeness (QED) is 0.609. The number of hydrogen-bond donors (Lipinski definition) is 1. The van der Waals surface area contributed by atoms with Crippen molar-refractivity contribution in [3.8, 4) is 23.3 Å². The van der Waals surface area contributed by atoms with Crippen LogP contribution in [0, 0.1) is 30.0 Å². The van der Waals surface area contributed by atoms with E-state index in [-0.39, 0.29) is 23.6 Å². The van der Waals surface area contributed by atoms with E-state index in [9.17, 15) is 9.18 Å². The number of hydrogen-bond acceptors (Lipinski definition) is 3. The zero-order valence-electron chi connectivity index (χ0n) is 16.7. The number of carboxylic acid groups (broad SMARTS) is 1. The second-order valence-corrected chi connectivity index (χ2v) is 7.60. The van der Waals surface area contributed by atoms with Crippen molar-refractivity contribution < 1.29 is 23.8 Å². The van der Waals surface area contributed by atoms with Crippen LogP contribution in [0.15, 0.2) is 42.5 Å². The van der Waals surface area contributed by atoms with E-state index >= 15 is 0 Å². The number of rotatable bonds is 9. The second kappa shape index (κ2) is 9.00. The van der Waals surface area contributed by atoms with Crippen molar-refractivity contribution in [1.29, 1.82) is 0 Å². The van der Waals surface area contributed by atoms with Crippen LogP contribution in [0.25, 0.3) is 0 Å². The van der Waals surface area contributed by atoms with E-state index < -0.39 is 5.97 Å². The topological polar surface area (TPSA) is 55.8 Å². The fourth-order valence-electron chi connectivity index (χ4n) is 3.08.